The van der Waals surface area contributed by atoms with Gasteiger partial charge in [-0.15, -0.1) is 0 Å². The second-order valence-corrected chi connectivity index (χ2v) is 6.61. The van der Waals surface area contributed by atoms with Gasteiger partial charge in [-0.3, -0.25) is 0 Å². The van der Waals surface area contributed by atoms with E-state index in [2.05, 4.69) is 6.07 Å². The summed E-state index contributed by atoms with van der Waals surface area (Å²) in [6.07, 6.45) is 7.84. The van der Waals surface area contributed by atoms with Crippen LogP contribution in [0.5, 0.6) is 5.75 Å². The number of halogens is 1. The van der Waals surface area contributed by atoms with Crippen LogP contribution < -0.4 is 5.73 Å². The number of phenols is 1. The minimum absolute atomic E-state index is 0.0327. The third-order valence-corrected chi connectivity index (χ3v) is 5.41. The fourth-order valence-electron chi connectivity index (χ4n) is 3.50. The zero-order valence-electron chi connectivity index (χ0n) is 11.5. The largest absolute Gasteiger partial charge is 0.506 e. The fourth-order valence-corrected chi connectivity index (χ4v) is 3.82. The molecule has 2 aliphatic carbocycles. The summed E-state index contributed by atoms with van der Waals surface area (Å²) in [6, 6.07) is 2.26. The van der Waals surface area contributed by atoms with Crippen molar-refractivity contribution >= 4 is 11.6 Å². The number of phenolic OH excluding ortho intramolecular Hbond substituents is 1. The quantitative estimate of drug-likeness (QED) is 0.811. The molecule has 1 atom stereocenters. The molecule has 3 heteroatoms. The number of benzene rings is 1. The van der Waals surface area contributed by atoms with Crippen LogP contribution in [0.25, 0.3) is 0 Å². The number of aromatic hydroxyl groups is 1. The van der Waals surface area contributed by atoms with Crippen LogP contribution in [0.3, 0.4) is 0 Å². The highest BCUT2D eigenvalue weighted by molar-refractivity contribution is 6.33. The lowest BCUT2D eigenvalue weighted by molar-refractivity contribution is 0.445. The minimum Gasteiger partial charge on any atom is -0.506 e. The highest BCUT2D eigenvalue weighted by atomic mass is 35.5. The Morgan fingerprint density at radius 3 is 2.58 bits per heavy atom. The van der Waals surface area contributed by atoms with Crippen LogP contribution in [0.1, 0.15) is 55.7 Å². The number of nitrogens with two attached hydrogens (primary N) is 1. The van der Waals surface area contributed by atoms with Gasteiger partial charge in [0.1, 0.15) is 5.75 Å². The Morgan fingerprint density at radius 2 is 1.95 bits per heavy atom. The van der Waals surface area contributed by atoms with E-state index < -0.39 is 0 Å². The molecule has 0 aromatic heterocycles. The molecule has 1 aromatic rings. The molecule has 3 N–H and O–H groups in total. The molecule has 1 unspecified atom stereocenters. The van der Waals surface area contributed by atoms with Crippen molar-refractivity contribution in [2.45, 2.75) is 63.3 Å². The van der Waals surface area contributed by atoms with E-state index in [1.807, 2.05) is 6.92 Å². The Bertz CT molecular complexity index is 506. The Morgan fingerprint density at radius 1 is 1.26 bits per heavy atom. The van der Waals surface area contributed by atoms with Gasteiger partial charge in [-0.05, 0) is 56.6 Å². The van der Waals surface area contributed by atoms with E-state index in [0.29, 0.717) is 5.02 Å². The van der Waals surface area contributed by atoms with Crippen LogP contribution in [0.15, 0.2) is 6.07 Å². The van der Waals surface area contributed by atoms with Crippen molar-refractivity contribution in [1.29, 1.82) is 0 Å². The highest BCUT2D eigenvalue weighted by Crippen LogP contribution is 2.55. The van der Waals surface area contributed by atoms with E-state index in [0.717, 1.165) is 31.2 Å². The van der Waals surface area contributed by atoms with E-state index >= 15 is 0 Å². The summed E-state index contributed by atoms with van der Waals surface area (Å²) in [4.78, 5) is 0. The topological polar surface area (TPSA) is 46.2 Å². The van der Waals surface area contributed by atoms with Gasteiger partial charge in [-0.1, -0.05) is 24.1 Å². The number of hydrogen-bond donors (Lipinski definition) is 2. The van der Waals surface area contributed by atoms with E-state index in [-0.39, 0.29) is 17.2 Å². The minimum atomic E-state index is -0.0327. The summed E-state index contributed by atoms with van der Waals surface area (Å²) < 4.78 is 0. The van der Waals surface area contributed by atoms with Crippen molar-refractivity contribution in [3.8, 4) is 5.75 Å². The Hall–Kier alpha value is -0.730. The zero-order valence-corrected chi connectivity index (χ0v) is 12.3. The van der Waals surface area contributed by atoms with Gasteiger partial charge in [0.15, 0.2) is 0 Å². The maximum Gasteiger partial charge on any atom is 0.138 e. The second-order valence-electron chi connectivity index (χ2n) is 6.23. The molecule has 0 radical (unpaired) electrons. The average molecular weight is 280 g/mol. The lowest BCUT2D eigenvalue weighted by Gasteiger charge is -2.24. The molecule has 0 saturated heterocycles. The average Bonchev–Trinajstić information content (AvgIpc) is 3.17. The maximum absolute atomic E-state index is 10.5. The number of aryl methyl sites for hydroxylation is 1. The predicted molar refractivity (Wildman–Crippen MR) is 78.9 cm³/mol. The van der Waals surface area contributed by atoms with Gasteiger partial charge in [0.05, 0.1) is 5.02 Å². The first-order valence-electron chi connectivity index (χ1n) is 7.35. The van der Waals surface area contributed by atoms with E-state index in [9.17, 15) is 5.11 Å². The van der Waals surface area contributed by atoms with Crippen LogP contribution in [-0.2, 0) is 18.3 Å². The van der Waals surface area contributed by atoms with Crippen molar-refractivity contribution in [2.24, 2.45) is 5.73 Å². The number of hydrogen-bond acceptors (Lipinski definition) is 2. The van der Waals surface area contributed by atoms with Gasteiger partial charge in [0.2, 0.25) is 0 Å². The molecule has 0 heterocycles. The predicted octanol–water partition coefficient (Wildman–Crippen LogP) is 3.69. The summed E-state index contributed by atoms with van der Waals surface area (Å²) in [5.74, 6) is 0.289. The van der Waals surface area contributed by atoms with Crippen LogP contribution in [-0.4, -0.2) is 11.1 Å². The van der Waals surface area contributed by atoms with Gasteiger partial charge in [0, 0.05) is 17.0 Å². The van der Waals surface area contributed by atoms with Crippen LogP contribution in [0.4, 0.5) is 0 Å². The molecule has 3 rings (SSSR count). The Balaban J connectivity index is 2.12. The Labute approximate surface area is 120 Å². The van der Waals surface area contributed by atoms with Gasteiger partial charge in [-0.2, -0.15) is 0 Å². The van der Waals surface area contributed by atoms with Crippen molar-refractivity contribution in [3.05, 3.63) is 27.8 Å². The summed E-state index contributed by atoms with van der Waals surface area (Å²) in [6.45, 7) is 2.03. The first-order chi connectivity index (χ1) is 9.06. The van der Waals surface area contributed by atoms with Gasteiger partial charge >= 0.3 is 0 Å². The lowest BCUT2D eigenvalue weighted by Crippen LogP contribution is -2.31. The lowest BCUT2D eigenvalue weighted by atomic mass is 9.85. The monoisotopic (exact) mass is 279 g/mol. The fraction of sp³-hybridized carbons (Fsp3) is 0.625. The molecular weight excluding hydrogens is 258 g/mol. The molecule has 0 spiro atoms. The molecule has 19 heavy (non-hydrogen) atoms. The number of rotatable bonds is 2. The van der Waals surface area contributed by atoms with Crippen molar-refractivity contribution in [3.63, 3.8) is 0 Å². The molecule has 0 aliphatic heterocycles. The zero-order chi connectivity index (χ0) is 13.6. The van der Waals surface area contributed by atoms with Crippen molar-refractivity contribution in [1.82, 2.24) is 0 Å². The van der Waals surface area contributed by atoms with Gasteiger partial charge in [0.25, 0.3) is 0 Å². The van der Waals surface area contributed by atoms with Crippen molar-refractivity contribution in [2.75, 3.05) is 0 Å². The van der Waals surface area contributed by atoms with E-state index in [1.165, 1.54) is 30.4 Å². The molecule has 1 aromatic carbocycles. The maximum atomic E-state index is 10.5. The third-order valence-electron chi connectivity index (χ3n) is 5.00. The van der Waals surface area contributed by atoms with Crippen LogP contribution in [0.2, 0.25) is 5.02 Å². The molecular formula is C16H22ClNO. The molecule has 2 aliphatic rings. The molecule has 2 nitrogen and oxygen atoms in total. The molecule has 0 amide bonds. The molecule has 0 bridgehead atoms. The molecule has 1 saturated carbocycles. The van der Waals surface area contributed by atoms with Gasteiger partial charge < -0.3 is 10.8 Å². The third kappa shape index (κ3) is 2.05. The van der Waals surface area contributed by atoms with Crippen LogP contribution in [0, 0.1) is 0 Å². The number of fused-ring (bicyclic) bond motifs is 1. The smallest absolute Gasteiger partial charge is 0.138 e. The highest BCUT2D eigenvalue weighted by Gasteiger charge is 2.49. The van der Waals surface area contributed by atoms with E-state index in [1.54, 1.807) is 0 Å². The summed E-state index contributed by atoms with van der Waals surface area (Å²) in [5.41, 5.74) is 9.60. The second kappa shape index (κ2) is 4.68. The SMILES string of the molecule is CC(N)C1(c2cc3c(c(Cl)c2O)CCCCC3)CC1. The van der Waals surface area contributed by atoms with Crippen molar-refractivity contribution < 1.29 is 5.11 Å². The first kappa shape index (κ1) is 13.3. The summed E-state index contributed by atoms with van der Waals surface area (Å²) >= 11 is 6.44. The summed E-state index contributed by atoms with van der Waals surface area (Å²) in [5, 5.41) is 11.1. The van der Waals surface area contributed by atoms with Crippen LogP contribution >= 0.6 is 11.6 Å². The van der Waals surface area contributed by atoms with E-state index in [4.69, 9.17) is 17.3 Å². The molecule has 104 valence electrons. The Kier molecular flexibility index (Phi) is 3.26. The molecule has 1 fully saturated rings. The van der Waals surface area contributed by atoms with Gasteiger partial charge in [-0.25, -0.2) is 0 Å². The standard InChI is InChI=1S/C16H22ClNO/c1-10(18)16(7-8-16)13-9-11-5-3-2-4-6-12(11)14(17)15(13)19/h9-10,19H,2-8,18H2,1H3. The normalized spacial score (nSPS) is 22.5. The first-order valence-corrected chi connectivity index (χ1v) is 7.73. The summed E-state index contributed by atoms with van der Waals surface area (Å²) in [7, 11) is 0.